The Morgan fingerprint density at radius 3 is 2.48 bits per heavy atom. The van der Waals surface area contributed by atoms with Crippen LogP contribution in [0.25, 0.3) is 17.2 Å². The van der Waals surface area contributed by atoms with Gasteiger partial charge in [-0.25, -0.2) is 19.5 Å². The van der Waals surface area contributed by atoms with E-state index >= 15 is 0 Å². The van der Waals surface area contributed by atoms with E-state index in [4.69, 9.17) is 9.72 Å². The number of pyridine rings is 1. The van der Waals surface area contributed by atoms with Crippen molar-refractivity contribution in [1.29, 1.82) is 5.26 Å². The van der Waals surface area contributed by atoms with E-state index in [1.54, 1.807) is 29.2 Å². The van der Waals surface area contributed by atoms with Crippen molar-refractivity contribution in [1.82, 2.24) is 24.5 Å². The maximum atomic E-state index is 14.3. The molecule has 0 radical (unpaired) electrons. The molecule has 3 aromatic heterocycles. The van der Waals surface area contributed by atoms with E-state index in [9.17, 15) is 10.1 Å². The van der Waals surface area contributed by atoms with Crippen LogP contribution in [0, 0.1) is 11.3 Å². The van der Waals surface area contributed by atoms with E-state index in [1.807, 2.05) is 37.3 Å². The van der Waals surface area contributed by atoms with Crippen molar-refractivity contribution in [3.63, 3.8) is 0 Å². The molecule has 3 heterocycles. The molecule has 0 unspecified atom stereocenters. The molecule has 1 aromatic carbocycles. The van der Waals surface area contributed by atoms with Gasteiger partial charge in [-0.15, -0.1) is 0 Å². The van der Waals surface area contributed by atoms with Gasteiger partial charge in [0.15, 0.2) is 5.75 Å². The van der Waals surface area contributed by atoms with Gasteiger partial charge in [-0.3, -0.25) is 9.78 Å². The number of unbranched alkanes of at least 4 members (excludes halogenated alkanes) is 1. The van der Waals surface area contributed by atoms with E-state index in [2.05, 4.69) is 27.9 Å². The van der Waals surface area contributed by atoms with Gasteiger partial charge in [0, 0.05) is 29.7 Å². The van der Waals surface area contributed by atoms with Crippen LogP contribution in [0.5, 0.6) is 5.75 Å². The number of nitriles is 1. The highest BCUT2D eigenvalue weighted by Crippen LogP contribution is 2.34. The van der Waals surface area contributed by atoms with Crippen LogP contribution in [0.4, 0.5) is 0 Å². The first-order chi connectivity index (χ1) is 19.6. The molecule has 1 aliphatic carbocycles. The molecule has 5 rings (SSSR count). The Balaban J connectivity index is 1.58. The van der Waals surface area contributed by atoms with Crippen LogP contribution >= 0.6 is 0 Å². The predicted molar refractivity (Wildman–Crippen MR) is 154 cm³/mol. The van der Waals surface area contributed by atoms with Gasteiger partial charge in [-0.2, -0.15) is 5.26 Å². The number of aromatic nitrogens is 5. The molecule has 0 atom stereocenters. The van der Waals surface area contributed by atoms with Crippen LogP contribution in [0.2, 0.25) is 0 Å². The van der Waals surface area contributed by atoms with Gasteiger partial charge in [-0.05, 0) is 50.3 Å². The molecule has 8 heteroatoms. The second-order valence-electron chi connectivity index (χ2n) is 10.2. The summed E-state index contributed by atoms with van der Waals surface area (Å²) in [5.41, 5.74) is 4.39. The zero-order valence-electron chi connectivity index (χ0n) is 23.1. The van der Waals surface area contributed by atoms with Crippen LogP contribution in [0.3, 0.4) is 0 Å². The molecule has 0 spiro atoms. The number of hydrogen-bond donors (Lipinski definition) is 0. The quantitative estimate of drug-likeness (QED) is 0.248. The molecule has 0 bridgehead atoms. The maximum Gasteiger partial charge on any atom is 0.264 e. The number of ether oxygens (including phenoxy) is 1. The summed E-state index contributed by atoms with van der Waals surface area (Å²) < 4.78 is 7.15. The van der Waals surface area contributed by atoms with Crippen molar-refractivity contribution in [2.24, 2.45) is 0 Å². The van der Waals surface area contributed by atoms with Gasteiger partial charge in [0.1, 0.15) is 5.82 Å². The third-order valence-corrected chi connectivity index (χ3v) is 7.43. The molecular formula is C32H34N6O2. The Bertz CT molecular complexity index is 1550. The molecule has 0 aliphatic heterocycles. The van der Waals surface area contributed by atoms with Crippen molar-refractivity contribution in [2.45, 2.75) is 71.1 Å². The fourth-order valence-corrected chi connectivity index (χ4v) is 5.36. The standard InChI is InChI=1S/C32H34N6O2/c1-3-5-14-29-27(17-22-15-16-28(34-19-22)26-13-9-8-12-24(26)18-33)31(39)38(30(37-29)23-10-6-7-11-23)32-35-20-25(21-36-32)40-4-2/h8-9,12-13,15-16,19-21,23H,3-7,10-11,14,17H2,1-2H3. The van der Waals surface area contributed by atoms with E-state index in [0.29, 0.717) is 35.9 Å². The van der Waals surface area contributed by atoms with Gasteiger partial charge in [0.2, 0.25) is 5.95 Å². The summed E-state index contributed by atoms with van der Waals surface area (Å²) >= 11 is 0. The van der Waals surface area contributed by atoms with E-state index in [0.717, 1.165) is 73.3 Å². The minimum atomic E-state index is -0.119. The molecule has 8 nitrogen and oxygen atoms in total. The maximum absolute atomic E-state index is 14.3. The molecule has 1 saturated carbocycles. The van der Waals surface area contributed by atoms with Crippen molar-refractivity contribution in [3.05, 3.63) is 93.6 Å². The average Bonchev–Trinajstić information content (AvgIpc) is 3.53. The van der Waals surface area contributed by atoms with Crippen molar-refractivity contribution in [2.75, 3.05) is 6.61 Å². The molecule has 0 N–H and O–H groups in total. The van der Waals surface area contributed by atoms with E-state index in [-0.39, 0.29) is 11.5 Å². The smallest absolute Gasteiger partial charge is 0.264 e. The Morgan fingerprint density at radius 2 is 1.80 bits per heavy atom. The average molecular weight is 535 g/mol. The Kier molecular flexibility index (Phi) is 8.60. The minimum Gasteiger partial charge on any atom is -0.491 e. The Morgan fingerprint density at radius 1 is 1.02 bits per heavy atom. The molecule has 40 heavy (non-hydrogen) atoms. The molecule has 1 fully saturated rings. The summed E-state index contributed by atoms with van der Waals surface area (Å²) in [7, 11) is 0. The van der Waals surface area contributed by atoms with Crippen LogP contribution in [0.15, 0.2) is 59.8 Å². The zero-order chi connectivity index (χ0) is 27.9. The monoisotopic (exact) mass is 534 g/mol. The van der Waals surface area contributed by atoms with Gasteiger partial charge >= 0.3 is 0 Å². The lowest BCUT2D eigenvalue weighted by molar-refractivity contribution is 0.337. The fraction of sp³-hybridized carbons (Fsp3) is 0.375. The summed E-state index contributed by atoms with van der Waals surface area (Å²) in [4.78, 5) is 33.1. The molecule has 0 saturated heterocycles. The third-order valence-electron chi connectivity index (χ3n) is 7.43. The second-order valence-corrected chi connectivity index (χ2v) is 10.2. The van der Waals surface area contributed by atoms with Gasteiger partial charge in [0.25, 0.3) is 5.56 Å². The summed E-state index contributed by atoms with van der Waals surface area (Å²) in [6, 6.07) is 13.5. The highest BCUT2D eigenvalue weighted by molar-refractivity contribution is 5.67. The van der Waals surface area contributed by atoms with Crippen LogP contribution < -0.4 is 10.3 Å². The molecule has 4 aromatic rings. The summed E-state index contributed by atoms with van der Waals surface area (Å²) in [6.45, 7) is 4.57. The first kappa shape index (κ1) is 27.2. The molecule has 0 amide bonds. The highest BCUT2D eigenvalue weighted by Gasteiger charge is 2.27. The number of aryl methyl sites for hydroxylation is 1. The van der Waals surface area contributed by atoms with E-state index in [1.165, 1.54) is 0 Å². The Labute approximate surface area is 234 Å². The van der Waals surface area contributed by atoms with Crippen LogP contribution in [-0.2, 0) is 12.8 Å². The van der Waals surface area contributed by atoms with Gasteiger partial charge in [-0.1, -0.05) is 50.5 Å². The number of hydrogen-bond acceptors (Lipinski definition) is 7. The first-order valence-electron chi connectivity index (χ1n) is 14.2. The zero-order valence-corrected chi connectivity index (χ0v) is 23.1. The highest BCUT2D eigenvalue weighted by atomic mass is 16.5. The summed E-state index contributed by atoms with van der Waals surface area (Å²) in [5, 5.41) is 9.48. The number of benzene rings is 1. The third kappa shape index (κ3) is 5.79. The largest absolute Gasteiger partial charge is 0.491 e. The number of nitrogens with zero attached hydrogens (tertiary/aromatic N) is 6. The Hall–Kier alpha value is -4.38. The molecule has 1 aliphatic rings. The van der Waals surface area contributed by atoms with Crippen molar-refractivity contribution < 1.29 is 4.74 Å². The van der Waals surface area contributed by atoms with Gasteiger partial charge < -0.3 is 4.74 Å². The first-order valence-corrected chi connectivity index (χ1v) is 14.2. The van der Waals surface area contributed by atoms with Crippen LogP contribution in [-0.4, -0.2) is 31.1 Å². The molecule has 204 valence electrons. The summed E-state index contributed by atoms with van der Waals surface area (Å²) in [5.74, 6) is 1.87. The lowest BCUT2D eigenvalue weighted by atomic mass is 9.99. The normalized spacial score (nSPS) is 13.3. The fourth-order valence-electron chi connectivity index (χ4n) is 5.36. The van der Waals surface area contributed by atoms with Crippen molar-refractivity contribution in [3.8, 4) is 29.0 Å². The lowest BCUT2D eigenvalue weighted by Crippen LogP contribution is -2.31. The number of rotatable bonds is 10. The van der Waals surface area contributed by atoms with Crippen LogP contribution in [0.1, 0.15) is 86.5 Å². The van der Waals surface area contributed by atoms with Crippen molar-refractivity contribution >= 4 is 0 Å². The minimum absolute atomic E-state index is 0.119. The van der Waals surface area contributed by atoms with Gasteiger partial charge in [0.05, 0.1) is 42.0 Å². The lowest BCUT2D eigenvalue weighted by Gasteiger charge is -2.20. The SMILES string of the molecule is CCCCc1nc(C2CCCC2)n(-c2ncc(OCC)cn2)c(=O)c1Cc1ccc(-c2ccccc2C#N)nc1. The summed E-state index contributed by atoms with van der Waals surface area (Å²) in [6.07, 6.45) is 12.4. The predicted octanol–water partition coefficient (Wildman–Crippen LogP) is 5.95. The second kappa shape index (κ2) is 12.6. The van der Waals surface area contributed by atoms with E-state index < -0.39 is 0 Å². The topological polar surface area (TPSA) is 107 Å². The molecular weight excluding hydrogens is 500 g/mol.